The van der Waals surface area contributed by atoms with E-state index in [1.54, 1.807) is 0 Å². The quantitative estimate of drug-likeness (QED) is 0.0919. The Bertz CT molecular complexity index is 511. The summed E-state index contributed by atoms with van der Waals surface area (Å²) in [6.45, 7) is 2.70. The number of phosphoric ester groups is 1. The van der Waals surface area contributed by atoms with Gasteiger partial charge >= 0.3 is 14.0 Å². The van der Waals surface area contributed by atoms with Crippen LogP contribution < -0.4 is 0 Å². The fourth-order valence-corrected chi connectivity index (χ4v) is 3.96. The lowest BCUT2D eigenvalue weighted by atomic mass is 10.0. The molecule has 0 radical (unpaired) electrons. The average molecular weight is 483 g/mol. The van der Waals surface area contributed by atoms with Crippen LogP contribution in [0.1, 0.15) is 90.4 Å². The van der Waals surface area contributed by atoms with Gasteiger partial charge in [-0.3, -0.25) is 9.05 Å². The van der Waals surface area contributed by atoms with E-state index in [0.717, 1.165) is 19.3 Å². The Balaban J connectivity index is 4.04. The van der Waals surface area contributed by atoms with Crippen molar-refractivity contribution in [2.45, 2.75) is 96.5 Å². The van der Waals surface area contributed by atoms with Crippen molar-refractivity contribution in [3.8, 4) is 0 Å². The van der Waals surface area contributed by atoms with Gasteiger partial charge in [-0.1, -0.05) is 77.6 Å². The Morgan fingerprint density at radius 1 is 0.875 bits per heavy atom. The molecule has 0 rings (SSSR count). The summed E-state index contributed by atoms with van der Waals surface area (Å²) in [6.07, 6.45) is 13.9. The molecule has 0 aromatic heterocycles. The van der Waals surface area contributed by atoms with Crippen LogP contribution in [0.5, 0.6) is 0 Å². The van der Waals surface area contributed by atoms with Crippen LogP contribution in [0.3, 0.4) is 0 Å². The van der Waals surface area contributed by atoms with Crippen LogP contribution in [0, 0.1) is 0 Å². The Morgan fingerprint density at radius 2 is 1.38 bits per heavy atom. The van der Waals surface area contributed by atoms with Crippen molar-refractivity contribution in [1.29, 1.82) is 0 Å². The smallest absolute Gasteiger partial charge is 0.438 e. The standard InChI is InChI=1S/C23H48NO7P/c1-6-7-8-9-10-11-12-13-14-15-16-17-18-22(31-23(25)28-5)21-30-32(26,27)29-20-19-24(2,3)4/h22H,6-21H2,1-5H3/p+1. The molecule has 8 nitrogen and oxygen atoms in total. The SMILES string of the molecule is CCCCCCCCCCCCCCC(COP(=O)(O)OCC[N+](C)(C)C)OC(=O)OC. The molecule has 0 fully saturated rings. The van der Waals surface area contributed by atoms with Crippen molar-refractivity contribution >= 4 is 14.0 Å². The highest BCUT2D eigenvalue weighted by Crippen LogP contribution is 2.43. The lowest BCUT2D eigenvalue weighted by Gasteiger charge is -2.24. The van der Waals surface area contributed by atoms with Gasteiger partial charge in [0.1, 0.15) is 19.3 Å². The molecule has 0 aliphatic carbocycles. The van der Waals surface area contributed by atoms with Crippen molar-refractivity contribution in [3.05, 3.63) is 0 Å². The summed E-state index contributed by atoms with van der Waals surface area (Å²) in [4.78, 5) is 21.3. The molecule has 0 saturated heterocycles. The van der Waals surface area contributed by atoms with E-state index in [1.165, 1.54) is 64.9 Å². The predicted octanol–water partition coefficient (Wildman–Crippen LogP) is 6.07. The van der Waals surface area contributed by atoms with Gasteiger partial charge in [0.05, 0.1) is 34.9 Å². The van der Waals surface area contributed by atoms with Gasteiger partial charge in [-0.15, -0.1) is 0 Å². The first-order valence-corrected chi connectivity index (χ1v) is 13.8. The monoisotopic (exact) mass is 482 g/mol. The molecule has 192 valence electrons. The molecule has 0 aliphatic heterocycles. The summed E-state index contributed by atoms with van der Waals surface area (Å²) >= 11 is 0. The van der Waals surface area contributed by atoms with Gasteiger partial charge in [0.15, 0.2) is 0 Å². The molecule has 0 aromatic rings. The molecule has 0 spiro atoms. The minimum absolute atomic E-state index is 0.0958. The third-order valence-corrected chi connectivity index (χ3v) is 6.23. The molecule has 0 heterocycles. The lowest BCUT2D eigenvalue weighted by molar-refractivity contribution is -0.870. The van der Waals surface area contributed by atoms with Crippen LogP contribution >= 0.6 is 7.82 Å². The van der Waals surface area contributed by atoms with Crippen molar-refractivity contribution < 1.29 is 37.3 Å². The molecule has 0 aromatic carbocycles. The number of carbonyl (C=O) groups is 1. The molecule has 2 atom stereocenters. The van der Waals surface area contributed by atoms with Gasteiger partial charge in [0.2, 0.25) is 0 Å². The molecule has 0 amide bonds. The highest BCUT2D eigenvalue weighted by molar-refractivity contribution is 7.47. The van der Waals surface area contributed by atoms with E-state index < -0.39 is 20.1 Å². The minimum atomic E-state index is -4.20. The van der Waals surface area contributed by atoms with Gasteiger partial charge in [-0.25, -0.2) is 9.36 Å². The van der Waals surface area contributed by atoms with Gasteiger partial charge < -0.3 is 18.9 Å². The Hall–Kier alpha value is -0.660. The summed E-state index contributed by atoms with van der Waals surface area (Å²) in [5.74, 6) is 0. The third-order valence-electron chi connectivity index (χ3n) is 5.25. The van der Waals surface area contributed by atoms with E-state index in [2.05, 4.69) is 11.7 Å². The van der Waals surface area contributed by atoms with Gasteiger partial charge in [-0.2, -0.15) is 0 Å². The maximum absolute atomic E-state index is 12.1. The highest BCUT2D eigenvalue weighted by Gasteiger charge is 2.26. The minimum Gasteiger partial charge on any atom is -0.438 e. The van der Waals surface area contributed by atoms with Crippen LogP contribution in [-0.4, -0.2) is 69.6 Å². The number of hydrogen-bond acceptors (Lipinski definition) is 6. The van der Waals surface area contributed by atoms with Crippen LogP contribution in [-0.2, 0) is 23.1 Å². The van der Waals surface area contributed by atoms with Crippen molar-refractivity contribution in [2.75, 3.05) is 48.0 Å². The summed E-state index contributed by atoms with van der Waals surface area (Å²) in [7, 11) is 2.91. The number of ether oxygens (including phenoxy) is 2. The van der Waals surface area contributed by atoms with Crippen LogP contribution in [0.15, 0.2) is 0 Å². The van der Waals surface area contributed by atoms with E-state index in [4.69, 9.17) is 13.8 Å². The Labute approximate surface area is 196 Å². The highest BCUT2D eigenvalue weighted by atomic mass is 31.2. The van der Waals surface area contributed by atoms with E-state index in [9.17, 15) is 14.3 Å². The molecular weight excluding hydrogens is 433 g/mol. The second-order valence-corrected chi connectivity index (χ2v) is 10.9. The second kappa shape index (κ2) is 18.7. The molecule has 0 bridgehead atoms. The summed E-state index contributed by atoms with van der Waals surface area (Å²) in [5.41, 5.74) is 0. The van der Waals surface area contributed by atoms with Crippen molar-refractivity contribution in [1.82, 2.24) is 0 Å². The van der Waals surface area contributed by atoms with Crippen LogP contribution in [0.25, 0.3) is 0 Å². The van der Waals surface area contributed by atoms with Crippen LogP contribution in [0.2, 0.25) is 0 Å². The van der Waals surface area contributed by atoms with E-state index in [-0.39, 0.29) is 13.2 Å². The normalized spacial score (nSPS) is 14.7. The van der Waals surface area contributed by atoms with E-state index in [0.29, 0.717) is 17.4 Å². The van der Waals surface area contributed by atoms with Crippen molar-refractivity contribution in [3.63, 3.8) is 0 Å². The summed E-state index contributed by atoms with van der Waals surface area (Å²) < 4.78 is 32.5. The zero-order chi connectivity index (χ0) is 24.3. The second-order valence-electron chi connectivity index (χ2n) is 9.48. The Kier molecular flexibility index (Phi) is 18.3. The van der Waals surface area contributed by atoms with Gasteiger partial charge in [0, 0.05) is 0 Å². The van der Waals surface area contributed by atoms with Gasteiger partial charge in [-0.05, 0) is 12.8 Å². The number of likely N-dealkylation sites (N-methyl/N-ethyl adjacent to an activating group) is 1. The zero-order valence-corrected chi connectivity index (χ0v) is 22.1. The molecular formula is C23H49NO7P+. The number of hydrogen-bond donors (Lipinski definition) is 1. The van der Waals surface area contributed by atoms with Gasteiger partial charge in [0.25, 0.3) is 0 Å². The Morgan fingerprint density at radius 3 is 1.84 bits per heavy atom. The predicted molar refractivity (Wildman–Crippen MR) is 128 cm³/mol. The number of quaternary nitrogens is 1. The molecule has 9 heteroatoms. The topological polar surface area (TPSA) is 91.3 Å². The average Bonchev–Trinajstić information content (AvgIpc) is 2.71. The first kappa shape index (κ1) is 31.3. The molecule has 2 unspecified atom stereocenters. The van der Waals surface area contributed by atoms with Crippen molar-refractivity contribution in [2.24, 2.45) is 0 Å². The van der Waals surface area contributed by atoms with E-state index >= 15 is 0 Å². The number of rotatable bonds is 21. The summed E-state index contributed by atoms with van der Waals surface area (Å²) in [5, 5.41) is 0. The number of unbranched alkanes of at least 4 members (excludes halogenated alkanes) is 11. The fourth-order valence-electron chi connectivity index (χ4n) is 3.22. The largest absolute Gasteiger partial charge is 0.508 e. The first-order chi connectivity index (χ1) is 15.1. The molecule has 0 aliphatic rings. The number of methoxy groups -OCH3 is 1. The number of nitrogens with zero attached hydrogens (tertiary/aromatic N) is 1. The summed E-state index contributed by atoms with van der Waals surface area (Å²) in [6, 6.07) is 0. The lowest BCUT2D eigenvalue weighted by Crippen LogP contribution is -2.37. The zero-order valence-electron chi connectivity index (χ0n) is 21.2. The number of carbonyl (C=O) groups excluding carboxylic acids is 1. The molecule has 1 N–H and O–H groups in total. The first-order valence-electron chi connectivity index (χ1n) is 12.3. The molecule has 0 saturated carbocycles. The number of phosphoric acid groups is 1. The molecule has 32 heavy (non-hydrogen) atoms. The van der Waals surface area contributed by atoms with Crippen LogP contribution in [0.4, 0.5) is 4.79 Å². The maximum atomic E-state index is 12.1. The third kappa shape index (κ3) is 21.2. The fraction of sp³-hybridized carbons (Fsp3) is 0.957. The maximum Gasteiger partial charge on any atom is 0.508 e. The van der Waals surface area contributed by atoms with E-state index in [1.807, 2.05) is 21.1 Å².